The third-order valence-electron chi connectivity index (χ3n) is 3.92. The van der Waals surface area contributed by atoms with Crippen LogP contribution in [0.4, 0.5) is 0 Å². The number of rotatable bonds is 4. The van der Waals surface area contributed by atoms with E-state index in [2.05, 4.69) is 4.90 Å². The van der Waals surface area contributed by atoms with Gasteiger partial charge in [-0.1, -0.05) is 30.3 Å². The summed E-state index contributed by atoms with van der Waals surface area (Å²) in [6, 6.07) is 9.80. The Morgan fingerprint density at radius 2 is 2.23 bits per heavy atom. The normalized spacial score (nSPS) is 20.7. The molecule has 0 saturated carbocycles. The van der Waals surface area contributed by atoms with Gasteiger partial charge in [-0.2, -0.15) is 0 Å². The van der Waals surface area contributed by atoms with Crippen molar-refractivity contribution in [3.63, 3.8) is 0 Å². The van der Waals surface area contributed by atoms with E-state index < -0.39 is 0 Å². The summed E-state index contributed by atoms with van der Waals surface area (Å²) in [6.45, 7) is 3.79. The Bertz CT molecular complexity index is 644. The molecule has 3 rings (SSSR count). The Morgan fingerprint density at radius 1 is 1.45 bits per heavy atom. The van der Waals surface area contributed by atoms with Crippen molar-refractivity contribution in [2.75, 3.05) is 19.7 Å². The zero-order valence-electron chi connectivity index (χ0n) is 12.4. The average Bonchev–Trinajstić information content (AvgIpc) is 3.05. The second-order valence-corrected chi connectivity index (χ2v) is 6.26. The maximum Gasteiger partial charge on any atom is 0.234 e. The van der Waals surface area contributed by atoms with Crippen LogP contribution in [0.15, 0.2) is 35.7 Å². The molecule has 0 radical (unpaired) electrons. The second-order valence-electron chi connectivity index (χ2n) is 5.37. The fraction of sp³-hybridized carbons (Fsp3) is 0.375. The highest BCUT2D eigenvalue weighted by Gasteiger charge is 2.29. The third-order valence-corrected chi connectivity index (χ3v) is 4.86. The minimum atomic E-state index is -0.301. The van der Waals surface area contributed by atoms with Crippen LogP contribution in [-0.4, -0.2) is 41.5 Å². The van der Waals surface area contributed by atoms with E-state index in [0.717, 1.165) is 22.8 Å². The largest absolute Gasteiger partial charge is 0.368 e. The molecule has 0 bridgehead atoms. The molecule has 0 spiro atoms. The van der Waals surface area contributed by atoms with Crippen LogP contribution in [0, 0.1) is 0 Å². The molecule has 1 aromatic carbocycles. The van der Waals surface area contributed by atoms with E-state index in [1.54, 1.807) is 11.3 Å². The van der Waals surface area contributed by atoms with E-state index in [0.29, 0.717) is 13.2 Å². The Labute approximate surface area is 133 Å². The number of nitrogens with two attached hydrogens (primary N) is 1. The third kappa shape index (κ3) is 3.19. The van der Waals surface area contributed by atoms with Gasteiger partial charge in [-0.25, -0.2) is 4.98 Å². The zero-order valence-corrected chi connectivity index (χ0v) is 13.3. The van der Waals surface area contributed by atoms with Crippen LogP contribution in [0.2, 0.25) is 0 Å². The van der Waals surface area contributed by atoms with E-state index in [1.807, 2.05) is 42.6 Å². The van der Waals surface area contributed by atoms with Crippen molar-refractivity contribution in [3.8, 4) is 11.3 Å². The Morgan fingerprint density at radius 3 is 2.95 bits per heavy atom. The number of benzene rings is 1. The molecule has 2 N–H and O–H groups in total. The number of morpholine rings is 1. The number of carbonyl (C=O) groups is 1. The first-order valence-corrected chi connectivity index (χ1v) is 8.19. The lowest BCUT2D eigenvalue weighted by atomic mass is 10.2. The van der Waals surface area contributed by atoms with Gasteiger partial charge in [0.2, 0.25) is 5.91 Å². The first kappa shape index (κ1) is 15.1. The molecule has 1 aliphatic rings. The van der Waals surface area contributed by atoms with Crippen LogP contribution >= 0.6 is 11.3 Å². The molecule has 1 saturated heterocycles. The summed E-state index contributed by atoms with van der Waals surface area (Å²) >= 11 is 1.59. The molecular formula is C16H19N3O2S. The van der Waals surface area contributed by atoms with E-state index in [-0.39, 0.29) is 18.1 Å². The number of ether oxygens (including phenoxy) is 1. The van der Waals surface area contributed by atoms with E-state index >= 15 is 0 Å². The van der Waals surface area contributed by atoms with Crippen LogP contribution in [0.3, 0.4) is 0 Å². The number of hydrogen-bond donors (Lipinski definition) is 1. The van der Waals surface area contributed by atoms with Crippen molar-refractivity contribution in [3.05, 3.63) is 40.7 Å². The smallest absolute Gasteiger partial charge is 0.234 e. The van der Waals surface area contributed by atoms with Gasteiger partial charge in [-0.05, 0) is 6.92 Å². The molecule has 1 fully saturated rings. The summed E-state index contributed by atoms with van der Waals surface area (Å²) in [4.78, 5) is 18.1. The van der Waals surface area contributed by atoms with Gasteiger partial charge in [0, 0.05) is 24.0 Å². The monoisotopic (exact) mass is 317 g/mol. The highest BCUT2D eigenvalue weighted by atomic mass is 32.1. The molecule has 2 aromatic rings. The molecule has 6 heteroatoms. The lowest BCUT2D eigenvalue weighted by Gasteiger charge is -2.34. The topological polar surface area (TPSA) is 68.5 Å². The molecule has 116 valence electrons. The van der Waals surface area contributed by atoms with E-state index in [9.17, 15) is 4.79 Å². The molecular weight excluding hydrogens is 298 g/mol. The fourth-order valence-corrected chi connectivity index (χ4v) is 3.39. The van der Waals surface area contributed by atoms with Gasteiger partial charge in [0.15, 0.2) is 0 Å². The van der Waals surface area contributed by atoms with Gasteiger partial charge in [-0.15, -0.1) is 11.3 Å². The maximum absolute atomic E-state index is 11.4. The molecule has 1 aromatic heterocycles. The summed E-state index contributed by atoms with van der Waals surface area (Å²) in [7, 11) is 0. The second kappa shape index (κ2) is 6.56. The molecule has 0 aliphatic carbocycles. The van der Waals surface area contributed by atoms with Crippen molar-refractivity contribution in [2.45, 2.75) is 19.1 Å². The van der Waals surface area contributed by atoms with Crippen molar-refractivity contribution in [2.24, 2.45) is 5.73 Å². The molecule has 5 nitrogen and oxygen atoms in total. The lowest BCUT2D eigenvalue weighted by Crippen LogP contribution is -2.48. The van der Waals surface area contributed by atoms with E-state index in [4.69, 9.17) is 15.5 Å². The van der Waals surface area contributed by atoms with Crippen LogP contribution in [0.1, 0.15) is 18.0 Å². The maximum atomic E-state index is 11.4. The molecule has 2 heterocycles. The Balaban J connectivity index is 1.74. The predicted octanol–water partition coefficient (Wildman–Crippen LogP) is 2.06. The number of hydrogen-bond acceptors (Lipinski definition) is 5. The molecule has 2 atom stereocenters. The summed E-state index contributed by atoms with van der Waals surface area (Å²) in [5.74, 6) is -0.301. The van der Waals surface area contributed by atoms with Crippen molar-refractivity contribution < 1.29 is 9.53 Å². The first-order chi connectivity index (χ1) is 10.6. The fourth-order valence-electron chi connectivity index (χ4n) is 2.53. The van der Waals surface area contributed by atoms with Gasteiger partial charge in [0.25, 0.3) is 0 Å². The Kier molecular flexibility index (Phi) is 4.52. The van der Waals surface area contributed by atoms with Crippen molar-refractivity contribution in [1.82, 2.24) is 9.88 Å². The highest BCUT2D eigenvalue weighted by Crippen LogP contribution is 2.29. The number of primary amides is 1. The van der Waals surface area contributed by atoms with Gasteiger partial charge in [0.1, 0.15) is 11.1 Å². The minimum Gasteiger partial charge on any atom is -0.368 e. The highest BCUT2D eigenvalue weighted by molar-refractivity contribution is 7.10. The molecule has 22 heavy (non-hydrogen) atoms. The quantitative estimate of drug-likeness (QED) is 0.937. The number of amides is 1. The summed E-state index contributed by atoms with van der Waals surface area (Å²) in [6.07, 6.45) is -0.0991. The van der Waals surface area contributed by atoms with Gasteiger partial charge < -0.3 is 10.5 Å². The predicted molar refractivity (Wildman–Crippen MR) is 86.5 cm³/mol. The lowest BCUT2D eigenvalue weighted by molar-refractivity contribution is -0.126. The summed E-state index contributed by atoms with van der Waals surface area (Å²) < 4.78 is 5.83. The van der Waals surface area contributed by atoms with Gasteiger partial charge in [0.05, 0.1) is 18.3 Å². The molecule has 1 aliphatic heterocycles. The standard InChI is InChI=1S/C16H19N3O2S/c1-11(15(17)20)19-7-8-21-14(9-19)16-18-13(10-22-16)12-5-3-2-4-6-12/h2-6,10-11,14H,7-9H2,1H3,(H2,17,20)/t11-,14-/m1/s1. The van der Waals surface area contributed by atoms with E-state index in [1.165, 1.54) is 0 Å². The van der Waals surface area contributed by atoms with Crippen LogP contribution in [-0.2, 0) is 9.53 Å². The molecule has 0 unspecified atom stereocenters. The zero-order chi connectivity index (χ0) is 15.5. The van der Waals surface area contributed by atoms with Crippen molar-refractivity contribution in [1.29, 1.82) is 0 Å². The summed E-state index contributed by atoms with van der Waals surface area (Å²) in [5, 5.41) is 2.99. The first-order valence-electron chi connectivity index (χ1n) is 7.31. The van der Waals surface area contributed by atoms with Crippen LogP contribution < -0.4 is 5.73 Å². The number of nitrogens with zero attached hydrogens (tertiary/aromatic N) is 2. The van der Waals surface area contributed by atoms with Gasteiger partial charge >= 0.3 is 0 Å². The SMILES string of the molecule is C[C@H](C(N)=O)N1CCO[C@@H](c2nc(-c3ccccc3)cs2)C1. The van der Waals surface area contributed by atoms with Crippen LogP contribution in [0.5, 0.6) is 0 Å². The van der Waals surface area contributed by atoms with Gasteiger partial charge in [-0.3, -0.25) is 9.69 Å². The Hall–Kier alpha value is -1.76. The van der Waals surface area contributed by atoms with Crippen LogP contribution in [0.25, 0.3) is 11.3 Å². The average molecular weight is 317 g/mol. The molecule has 1 amide bonds. The van der Waals surface area contributed by atoms with Crippen molar-refractivity contribution >= 4 is 17.2 Å². The minimum absolute atomic E-state index is 0.0991. The number of aromatic nitrogens is 1. The number of thiazole rings is 1. The summed E-state index contributed by atoms with van der Waals surface area (Å²) in [5.41, 5.74) is 7.46. The number of carbonyl (C=O) groups excluding carboxylic acids is 1.